The topological polar surface area (TPSA) is 17.1 Å². The molecule has 0 saturated carbocycles. The Kier molecular flexibility index (Phi) is 2.80. The van der Waals surface area contributed by atoms with Crippen LogP contribution < -0.4 is 0 Å². The molecule has 0 unspecified atom stereocenters. The van der Waals surface area contributed by atoms with Crippen LogP contribution in [0.1, 0.15) is 5.56 Å². The summed E-state index contributed by atoms with van der Waals surface area (Å²) in [6.07, 6.45) is 0.592. The van der Waals surface area contributed by atoms with Gasteiger partial charge in [-0.05, 0) is 17.7 Å². The van der Waals surface area contributed by atoms with Crippen molar-refractivity contribution in [1.29, 1.82) is 0 Å². The second kappa shape index (κ2) is 3.86. The molecule has 0 spiro atoms. The van der Waals surface area contributed by atoms with E-state index in [0.717, 1.165) is 5.98 Å². The molecule has 1 aromatic carbocycles. The van der Waals surface area contributed by atoms with Crippen molar-refractivity contribution in [3.8, 4) is 0 Å². The molecule has 0 bridgehead atoms. The van der Waals surface area contributed by atoms with Crippen LogP contribution >= 0.6 is 0 Å². The highest BCUT2D eigenvalue weighted by Crippen LogP contribution is 2.12. The molecule has 1 aromatic rings. The average molecular weight is 160 g/mol. The smallest absolute Gasteiger partial charge is 0.149 e. The molecule has 0 N–H and O–H groups in total. The van der Waals surface area contributed by atoms with E-state index < -0.39 is 0 Å². The fourth-order valence-electron chi connectivity index (χ4n) is 0.872. The van der Waals surface area contributed by atoms with E-state index in [1.807, 2.05) is 0 Å². The van der Waals surface area contributed by atoms with Gasteiger partial charge in [-0.3, -0.25) is 4.79 Å². The van der Waals surface area contributed by atoms with E-state index in [1.54, 1.807) is 6.07 Å². The normalized spacial score (nSPS) is 11.2. The summed E-state index contributed by atoms with van der Waals surface area (Å²) in [5.74, 6) is 0.774. The molecule has 1 nitrogen and oxygen atoms in total. The van der Waals surface area contributed by atoms with E-state index in [1.165, 1.54) is 18.2 Å². The standard InChI is InChI=1S/C9H6BFO/c10-5-8(6-12)7-2-1-3-9(11)4-7/h1-6H. The van der Waals surface area contributed by atoms with Gasteiger partial charge in [0.15, 0.2) is 0 Å². The van der Waals surface area contributed by atoms with E-state index in [2.05, 4.69) is 0 Å². The van der Waals surface area contributed by atoms with Crippen LogP contribution in [0, 0.1) is 5.82 Å². The maximum atomic E-state index is 12.6. The molecule has 3 heteroatoms. The number of allylic oxidation sites excluding steroid dienone is 1. The van der Waals surface area contributed by atoms with Crippen molar-refractivity contribution >= 4 is 19.7 Å². The van der Waals surface area contributed by atoms with Gasteiger partial charge in [0.25, 0.3) is 0 Å². The van der Waals surface area contributed by atoms with Crippen LogP contribution in [0.4, 0.5) is 4.39 Å². The summed E-state index contributed by atoms with van der Waals surface area (Å²) < 4.78 is 12.6. The molecule has 0 aliphatic carbocycles. The van der Waals surface area contributed by atoms with Crippen LogP contribution in [-0.4, -0.2) is 14.1 Å². The summed E-state index contributed by atoms with van der Waals surface area (Å²) in [6.45, 7) is 0. The molecular weight excluding hydrogens is 154 g/mol. The molecule has 0 atom stereocenters. The molecule has 0 aliphatic heterocycles. The third-order valence-electron chi connectivity index (χ3n) is 1.46. The lowest BCUT2D eigenvalue weighted by Gasteiger charge is -1.98. The van der Waals surface area contributed by atoms with Crippen LogP contribution in [0.25, 0.3) is 5.57 Å². The Hall–Kier alpha value is -1.38. The number of carbonyl (C=O) groups excluding carboxylic acids is 1. The van der Waals surface area contributed by atoms with E-state index in [0.29, 0.717) is 11.8 Å². The van der Waals surface area contributed by atoms with Gasteiger partial charge in [-0.1, -0.05) is 12.1 Å². The van der Waals surface area contributed by atoms with E-state index in [9.17, 15) is 9.18 Å². The van der Waals surface area contributed by atoms with Crippen molar-refractivity contribution in [2.75, 3.05) is 0 Å². The molecule has 12 heavy (non-hydrogen) atoms. The average Bonchev–Trinajstić information content (AvgIpc) is 2.07. The Morgan fingerprint density at radius 1 is 1.50 bits per heavy atom. The van der Waals surface area contributed by atoms with E-state index in [4.69, 9.17) is 7.85 Å². The SMILES string of the molecule is [B]C=C(C=O)c1cccc(F)c1. The summed E-state index contributed by atoms with van der Waals surface area (Å²) in [5.41, 5.74) is 0.780. The van der Waals surface area contributed by atoms with Gasteiger partial charge in [-0.2, -0.15) is 0 Å². The fraction of sp³-hybridized carbons (Fsp3) is 0. The van der Waals surface area contributed by atoms with Crippen molar-refractivity contribution in [2.24, 2.45) is 0 Å². The number of carbonyl (C=O) groups is 1. The first-order valence-corrected chi connectivity index (χ1v) is 3.41. The Balaban J connectivity index is 3.10. The minimum atomic E-state index is -0.381. The Bertz CT molecular complexity index is 320. The molecule has 1 rings (SSSR count). The Labute approximate surface area is 71.3 Å². The Morgan fingerprint density at radius 3 is 2.75 bits per heavy atom. The predicted octanol–water partition coefficient (Wildman–Crippen LogP) is 1.53. The summed E-state index contributed by atoms with van der Waals surface area (Å²) >= 11 is 0. The van der Waals surface area contributed by atoms with Gasteiger partial charge in [-0.15, -0.1) is 5.98 Å². The van der Waals surface area contributed by atoms with Crippen molar-refractivity contribution in [3.05, 3.63) is 41.6 Å². The first-order valence-electron chi connectivity index (χ1n) is 3.41. The number of hydrogen-bond acceptors (Lipinski definition) is 1. The monoisotopic (exact) mass is 160 g/mol. The minimum Gasteiger partial charge on any atom is -0.298 e. The lowest BCUT2D eigenvalue weighted by Crippen LogP contribution is -1.86. The lowest BCUT2D eigenvalue weighted by molar-refractivity contribution is -0.103. The first kappa shape index (κ1) is 8.72. The van der Waals surface area contributed by atoms with Crippen LogP contribution in [0.15, 0.2) is 30.2 Å². The number of benzene rings is 1. The molecule has 0 aromatic heterocycles. The van der Waals surface area contributed by atoms with Gasteiger partial charge < -0.3 is 0 Å². The highest BCUT2D eigenvalue weighted by Gasteiger charge is 1.98. The van der Waals surface area contributed by atoms with Crippen molar-refractivity contribution in [2.45, 2.75) is 0 Å². The predicted molar refractivity (Wildman–Crippen MR) is 46.2 cm³/mol. The molecule has 58 valence electrons. The Morgan fingerprint density at radius 2 is 2.25 bits per heavy atom. The molecule has 0 fully saturated rings. The van der Waals surface area contributed by atoms with Crippen LogP contribution in [0.5, 0.6) is 0 Å². The molecular formula is C9H6BFO. The van der Waals surface area contributed by atoms with Gasteiger partial charge in [0.05, 0.1) is 0 Å². The van der Waals surface area contributed by atoms with Gasteiger partial charge in [0.2, 0.25) is 0 Å². The number of rotatable bonds is 2. The van der Waals surface area contributed by atoms with Crippen molar-refractivity contribution < 1.29 is 9.18 Å². The maximum absolute atomic E-state index is 12.6. The zero-order chi connectivity index (χ0) is 8.97. The van der Waals surface area contributed by atoms with Gasteiger partial charge in [0.1, 0.15) is 19.9 Å². The molecule has 2 radical (unpaired) electrons. The van der Waals surface area contributed by atoms with Crippen LogP contribution in [0.2, 0.25) is 0 Å². The van der Waals surface area contributed by atoms with Crippen molar-refractivity contribution in [3.63, 3.8) is 0 Å². The van der Waals surface area contributed by atoms with Crippen LogP contribution in [0.3, 0.4) is 0 Å². The highest BCUT2D eigenvalue weighted by atomic mass is 19.1. The summed E-state index contributed by atoms with van der Waals surface area (Å²) in [6, 6.07) is 5.71. The second-order valence-corrected chi connectivity index (χ2v) is 2.25. The van der Waals surface area contributed by atoms with Gasteiger partial charge in [0, 0.05) is 5.57 Å². The molecule has 0 aliphatic rings. The van der Waals surface area contributed by atoms with Crippen molar-refractivity contribution in [1.82, 2.24) is 0 Å². The third-order valence-corrected chi connectivity index (χ3v) is 1.46. The van der Waals surface area contributed by atoms with E-state index in [-0.39, 0.29) is 11.4 Å². The van der Waals surface area contributed by atoms with Crippen LogP contribution in [-0.2, 0) is 4.79 Å². The van der Waals surface area contributed by atoms with Gasteiger partial charge in [-0.25, -0.2) is 4.39 Å². The summed E-state index contributed by atoms with van der Waals surface area (Å²) in [4.78, 5) is 10.4. The third kappa shape index (κ3) is 1.81. The maximum Gasteiger partial charge on any atom is 0.149 e. The number of hydrogen-bond donors (Lipinski definition) is 0. The number of aldehydes is 1. The summed E-state index contributed by atoms with van der Waals surface area (Å²) in [5, 5.41) is 0. The largest absolute Gasteiger partial charge is 0.298 e. The molecule has 0 amide bonds. The quantitative estimate of drug-likeness (QED) is 0.364. The number of halogens is 1. The first-order chi connectivity index (χ1) is 5.77. The fourth-order valence-corrected chi connectivity index (χ4v) is 0.872. The zero-order valence-electron chi connectivity index (χ0n) is 6.33. The second-order valence-electron chi connectivity index (χ2n) is 2.25. The zero-order valence-corrected chi connectivity index (χ0v) is 6.33. The minimum absolute atomic E-state index is 0.287. The lowest BCUT2D eigenvalue weighted by atomic mass is 9.99. The highest BCUT2D eigenvalue weighted by molar-refractivity contribution is 6.26. The van der Waals surface area contributed by atoms with Gasteiger partial charge >= 0.3 is 0 Å². The molecule has 0 heterocycles. The van der Waals surface area contributed by atoms with E-state index >= 15 is 0 Å². The summed E-state index contributed by atoms with van der Waals surface area (Å²) in [7, 11) is 5.15. The molecule has 0 saturated heterocycles.